The molecule has 8 heteroatoms. The topological polar surface area (TPSA) is 83.3 Å². The molecule has 29 heavy (non-hydrogen) atoms. The van der Waals surface area contributed by atoms with Gasteiger partial charge < -0.3 is 9.47 Å². The first-order valence-corrected chi connectivity index (χ1v) is 9.70. The summed E-state index contributed by atoms with van der Waals surface area (Å²) in [5.74, 6) is 0.251. The van der Waals surface area contributed by atoms with E-state index in [0.29, 0.717) is 16.6 Å². The van der Waals surface area contributed by atoms with Crippen LogP contribution in [0.1, 0.15) is 5.69 Å². The van der Waals surface area contributed by atoms with Crippen LogP contribution >= 0.6 is 11.3 Å². The fraction of sp³-hybridized carbons (Fsp3) is 0.143. The van der Waals surface area contributed by atoms with Gasteiger partial charge in [-0.25, -0.2) is 9.97 Å². The third-order valence-electron chi connectivity index (χ3n) is 4.30. The van der Waals surface area contributed by atoms with Crippen molar-refractivity contribution < 1.29 is 14.3 Å². The highest BCUT2D eigenvalue weighted by Crippen LogP contribution is 2.25. The first-order chi connectivity index (χ1) is 14.1. The average Bonchev–Trinajstić information content (AvgIpc) is 3.24. The molecule has 2 heterocycles. The van der Waals surface area contributed by atoms with Crippen molar-refractivity contribution in [3.05, 3.63) is 76.3 Å². The van der Waals surface area contributed by atoms with E-state index >= 15 is 0 Å². The summed E-state index contributed by atoms with van der Waals surface area (Å²) >= 11 is 1.47. The molecule has 2 aromatic heterocycles. The number of thiazole rings is 1. The summed E-state index contributed by atoms with van der Waals surface area (Å²) in [5.41, 5.74) is 1.93. The molecule has 0 saturated heterocycles. The highest BCUT2D eigenvalue weighted by atomic mass is 32.1. The summed E-state index contributed by atoms with van der Waals surface area (Å²) in [5, 5.41) is 3.14. The van der Waals surface area contributed by atoms with Gasteiger partial charge in [-0.3, -0.25) is 14.2 Å². The third kappa shape index (κ3) is 4.17. The maximum absolute atomic E-state index is 12.4. The molecule has 0 atom stereocenters. The van der Waals surface area contributed by atoms with Crippen molar-refractivity contribution in [3.63, 3.8) is 0 Å². The number of fused-ring (bicyclic) bond motifs is 1. The van der Waals surface area contributed by atoms with E-state index in [4.69, 9.17) is 9.47 Å². The molecule has 0 saturated carbocycles. The van der Waals surface area contributed by atoms with Crippen LogP contribution in [0, 0.1) is 0 Å². The molecule has 0 N–H and O–H groups in total. The van der Waals surface area contributed by atoms with Gasteiger partial charge in [0.05, 0.1) is 30.0 Å². The number of methoxy groups -OCH3 is 1. The zero-order valence-corrected chi connectivity index (χ0v) is 16.4. The van der Waals surface area contributed by atoms with Gasteiger partial charge in [0.2, 0.25) is 0 Å². The molecule has 0 unspecified atom stereocenters. The van der Waals surface area contributed by atoms with Crippen LogP contribution in [0.4, 0.5) is 0 Å². The van der Waals surface area contributed by atoms with E-state index in [9.17, 15) is 9.59 Å². The number of para-hydroxylation sites is 1. The summed E-state index contributed by atoms with van der Waals surface area (Å²) in [6.07, 6.45) is 1.36. The molecule has 0 amide bonds. The van der Waals surface area contributed by atoms with Crippen LogP contribution in [0.2, 0.25) is 0 Å². The molecule has 4 rings (SSSR count). The first kappa shape index (κ1) is 18.8. The van der Waals surface area contributed by atoms with E-state index in [1.165, 1.54) is 22.2 Å². The van der Waals surface area contributed by atoms with Crippen LogP contribution in [-0.4, -0.2) is 27.6 Å². The van der Waals surface area contributed by atoms with Gasteiger partial charge in [-0.2, -0.15) is 0 Å². The predicted octanol–water partition coefficient (Wildman–Crippen LogP) is 3.27. The number of benzene rings is 2. The monoisotopic (exact) mass is 407 g/mol. The second kappa shape index (κ2) is 8.24. The van der Waals surface area contributed by atoms with Crippen molar-refractivity contribution in [1.82, 2.24) is 14.5 Å². The number of nitrogens with zero attached hydrogens (tertiary/aromatic N) is 3. The maximum atomic E-state index is 12.4. The lowest BCUT2D eigenvalue weighted by Gasteiger charge is -2.06. The number of hydrogen-bond acceptors (Lipinski definition) is 7. The number of carbonyl (C=O) groups is 1. The fourth-order valence-corrected chi connectivity index (χ4v) is 3.61. The molecule has 7 nitrogen and oxygen atoms in total. The van der Waals surface area contributed by atoms with E-state index in [2.05, 4.69) is 9.97 Å². The summed E-state index contributed by atoms with van der Waals surface area (Å²) in [6, 6.07) is 14.6. The summed E-state index contributed by atoms with van der Waals surface area (Å²) in [6.45, 7) is -0.159. The lowest BCUT2D eigenvalue weighted by atomic mass is 10.2. The molecule has 0 aliphatic rings. The molecular weight excluding hydrogens is 390 g/mol. The van der Waals surface area contributed by atoms with Crippen LogP contribution in [-0.2, 0) is 22.7 Å². The highest BCUT2D eigenvalue weighted by molar-refractivity contribution is 7.13. The van der Waals surface area contributed by atoms with Gasteiger partial charge in [-0.05, 0) is 36.4 Å². The maximum Gasteiger partial charge on any atom is 0.326 e. The Morgan fingerprint density at radius 3 is 2.72 bits per heavy atom. The molecule has 0 aliphatic heterocycles. The number of carbonyl (C=O) groups excluding carboxylic acids is 1. The first-order valence-electron chi connectivity index (χ1n) is 8.82. The largest absolute Gasteiger partial charge is 0.497 e. The molecule has 0 radical (unpaired) electrons. The zero-order chi connectivity index (χ0) is 20.2. The Morgan fingerprint density at radius 2 is 1.93 bits per heavy atom. The highest BCUT2D eigenvalue weighted by Gasteiger charge is 2.11. The quantitative estimate of drug-likeness (QED) is 0.456. The Bertz CT molecular complexity index is 1210. The average molecular weight is 407 g/mol. The van der Waals surface area contributed by atoms with Crippen molar-refractivity contribution in [2.45, 2.75) is 13.2 Å². The number of rotatable bonds is 6. The van der Waals surface area contributed by atoms with Crippen molar-refractivity contribution >= 4 is 28.2 Å². The van der Waals surface area contributed by atoms with Gasteiger partial charge in [-0.1, -0.05) is 12.1 Å². The molecule has 0 aliphatic carbocycles. The van der Waals surface area contributed by atoms with Gasteiger partial charge in [0, 0.05) is 10.9 Å². The molecule has 4 aromatic rings. The second-order valence-electron chi connectivity index (χ2n) is 6.23. The van der Waals surface area contributed by atoms with Crippen molar-refractivity contribution in [3.8, 4) is 16.3 Å². The van der Waals surface area contributed by atoms with Crippen LogP contribution in [0.5, 0.6) is 5.75 Å². The van der Waals surface area contributed by atoms with Crippen LogP contribution < -0.4 is 10.3 Å². The van der Waals surface area contributed by atoms with Gasteiger partial charge in [-0.15, -0.1) is 11.3 Å². The minimum Gasteiger partial charge on any atom is -0.497 e. The van der Waals surface area contributed by atoms with Crippen LogP contribution in [0.3, 0.4) is 0 Å². The van der Waals surface area contributed by atoms with Crippen molar-refractivity contribution in [1.29, 1.82) is 0 Å². The molecule has 0 spiro atoms. The smallest absolute Gasteiger partial charge is 0.326 e. The Kier molecular flexibility index (Phi) is 5.35. The summed E-state index contributed by atoms with van der Waals surface area (Å²) in [4.78, 5) is 33.3. The molecule has 0 fully saturated rings. The predicted molar refractivity (Wildman–Crippen MR) is 110 cm³/mol. The molecule has 146 valence electrons. The standard InChI is InChI=1S/C21H17N3O4S/c1-27-16-8-6-14(7-9-16)20-23-15(12-29-20)11-28-19(25)10-24-13-22-18-5-3-2-4-17(18)21(24)26/h2-9,12-13H,10-11H2,1H3. The van der Waals surface area contributed by atoms with Gasteiger partial charge in [0.15, 0.2) is 0 Å². The van der Waals surface area contributed by atoms with E-state index in [1.54, 1.807) is 31.4 Å². The minimum absolute atomic E-state index is 0.0429. The van der Waals surface area contributed by atoms with Crippen molar-refractivity contribution in [2.24, 2.45) is 0 Å². The van der Waals surface area contributed by atoms with E-state index in [0.717, 1.165) is 16.3 Å². The Morgan fingerprint density at radius 1 is 1.14 bits per heavy atom. The zero-order valence-electron chi connectivity index (χ0n) is 15.6. The van der Waals surface area contributed by atoms with Gasteiger partial charge in [0.1, 0.15) is 23.9 Å². The molecule has 2 aromatic carbocycles. The summed E-state index contributed by atoms with van der Waals surface area (Å²) < 4.78 is 11.7. The van der Waals surface area contributed by atoms with Gasteiger partial charge in [0.25, 0.3) is 5.56 Å². The van der Waals surface area contributed by atoms with E-state index < -0.39 is 5.97 Å². The third-order valence-corrected chi connectivity index (χ3v) is 5.24. The lowest BCUT2D eigenvalue weighted by Crippen LogP contribution is -2.25. The van der Waals surface area contributed by atoms with E-state index in [-0.39, 0.29) is 18.7 Å². The fourth-order valence-electron chi connectivity index (χ4n) is 2.80. The van der Waals surface area contributed by atoms with Crippen LogP contribution in [0.15, 0.2) is 65.0 Å². The van der Waals surface area contributed by atoms with Crippen molar-refractivity contribution in [2.75, 3.05) is 7.11 Å². The van der Waals surface area contributed by atoms with Crippen LogP contribution in [0.25, 0.3) is 21.5 Å². The van der Waals surface area contributed by atoms with E-state index in [1.807, 2.05) is 29.6 Å². The minimum atomic E-state index is -0.525. The Hall–Kier alpha value is -3.52. The second-order valence-corrected chi connectivity index (χ2v) is 7.09. The number of aromatic nitrogens is 3. The number of hydrogen-bond donors (Lipinski definition) is 0. The lowest BCUT2D eigenvalue weighted by molar-refractivity contribution is -0.145. The number of esters is 1. The Labute approximate surface area is 170 Å². The Balaban J connectivity index is 1.39. The van der Waals surface area contributed by atoms with Gasteiger partial charge >= 0.3 is 5.97 Å². The normalized spacial score (nSPS) is 10.8. The molecule has 0 bridgehead atoms. The molecular formula is C21H17N3O4S. The summed E-state index contributed by atoms with van der Waals surface area (Å²) in [7, 11) is 1.62. The SMILES string of the molecule is COc1ccc(-c2nc(COC(=O)Cn3cnc4ccccc4c3=O)cs2)cc1. The number of ether oxygens (including phenoxy) is 2.